The van der Waals surface area contributed by atoms with Crippen LogP contribution in [0, 0.1) is 0 Å². The monoisotopic (exact) mass is 437 g/mol. The molecule has 6 nitrogen and oxygen atoms in total. The molecule has 162 valence electrons. The number of nitrogens with zero attached hydrogens (tertiary/aromatic N) is 2. The fourth-order valence-electron chi connectivity index (χ4n) is 3.74. The predicted molar refractivity (Wildman–Crippen MR) is 121 cm³/mol. The molecule has 0 aliphatic carbocycles. The van der Waals surface area contributed by atoms with Gasteiger partial charge in [-0.1, -0.05) is 18.2 Å². The molecular formula is C24H27N3O3S. The SMILES string of the molecule is O=C(CN(Cc1ccco1)Cc1cccs1)NCc1ccc(C(=O)N2CCCC2)cc1. The molecule has 0 radical (unpaired) electrons. The maximum Gasteiger partial charge on any atom is 0.253 e. The summed E-state index contributed by atoms with van der Waals surface area (Å²) in [7, 11) is 0. The maximum atomic E-state index is 12.6. The second-order valence-corrected chi connectivity index (χ2v) is 8.81. The number of nitrogens with one attached hydrogen (secondary N) is 1. The van der Waals surface area contributed by atoms with Crippen molar-refractivity contribution < 1.29 is 14.0 Å². The Labute approximate surface area is 186 Å². The molecule has 0 spiro atoms. The summed E-state index contributed by atoms with van der Waals surface area (Å²) in [5, 5.41) is 5.03. The molecule has 2 aromatic heterocycles. The van der Waals surface area contributed by atoms with Gasteiger partial charge in [-0.2, -0.15) is 0 Å². The standard InChI is InChI=1S/C24H27N3O3S/c28-23(18-26(16-21-5-3-13-30-21)17-22-6-4-14-31-22)25-15-19-7-9-20(10-8-19)24(29)27-11-1-2-12-27/h3-10,13-14H,1-2,11-12,15-18H2,(H,25,28). The van der Waals surface area contributed by atoms with Crippen LogP contribution in [-0.4, -0.2) is 41.2 Å². The summed E-state index contributed by atoms with van der Waals surface area (Å²) in [6.45, 7) is 3.67. The van der Waals surface area contributed by atoms with Crippen molar-refractivity contribution in [3.63, 3.8) is 0 Å². The molecule has 0 bridgehead atoms. The third kappa shape index (κ3) is 6.06. The fraction of sp³-hybridized carbons (Fsp3) is 0.333. The second kappa shape index (κ2) is 10.4. The van der Waals surface area contributed by atoms with E-state index in [1.807, 2.05) is 52.7 Å². The summed E-state index contributed by atoms with van der Waals surface area (Å²) in [6.07, 6.45) is 3.81. The zero-order valence-electron chi connectivity index (χ0n) is 17.5. The van der Waals surface area contributed by atoms with Crippen molar-refractivity contribution in [3.8, 4) is 0 Å². The van der Waals surface area contributed by atoms with E-state index in [1.165, 1.54) is 4.88 Å². The van der Waals surface area contributed by atoms with E-state index < -0.39 is 0 Å². The van der Waals surface area contributed by atoms with Gasteiger partial charge in [0.05, 0.1) is 19.4 Å². The van der Waals surface area contributed by atoms with E-state index in [9.17, 15) is 9.59 Å². The van der Waals surface area contributed by atoms with Crippen LogP contribution in [0.5, 0.6) is 0 Å². The van der Waals surface area contributed by atoms with Crippen LogP contribution in [0.25, 0.3) is 0 Å². The molecule has 3 heterocycles. The highest BCUT2D eigenvalue weighted by Gasteiger charge is 2.19. The highest BCUT2D eigenvalue weighted by atomic mass is 32.1. The van der Waals surface area contributed by atoms with Crippen LogP contribution in [0.2, 0.25) is 0 Å². The Morgan fingerprint density at radius 1 is 1.03 bits per heavy atom. The number of rotatable bonds is 9. The first-order valence-electron chi connectivity index (χ1n) is 10.6. The van der Waals surface area contributed by atoms with Gasteiger partial charge >= 0.3 is 0 Å². The molecule has 1 N–H and O–H groups in total. The number of amides is 2. The van der Waals surface area contributed by atoms with Crippen LogP contribution in [0.1, 0.15) is 39.4 Å². The lowest BCUT2D eigenvalue weighted by Crippen LogP contribution is -2.36. The first kappa shape index (κ1) is 21.3. The summed E-state index contributed by atoms with van der Waals surface area (Å²) < 4.78 is 5.46. The Hall–Kier alpha value is -2.90. The lowest BCUT2D eigenvalue weighted by molar-refractivity contribution is -0.122. The molecule has 2 amide bonds. The molecule has 7 heteroatoms. The van der Waals surface area contributed by atoms with Crippen molar-refractivity contribution in [2.24, 2.45) is 0 Å². The van der Waals surface area contributed by atoms with E-state index in [0.717, 1.165) is 37.3 Å². The first-order valence-corrected chi connectivity index (χ1v) is 11.5. The van der Waals surface area contributed by atoms with Gasteiger partial charge < -0.3 is 14.6 Å². The molecule has 1 aromatic carbocycles. The lowest BCUT2D eigenvalue weighted by Gasteiger charge is -2.20. The third-order valence-corrected chi connectivity index (χ3v) is 6.23. The minimum absolute atomic E-state index is 0.0414. The zero-order chi connectivity index (χ0) is 21.5. The van der Waals surface area contributed by atoms with Gasteiger partial charge in [0, 0.05) is 36.6 Å². The number of carbonyl (C=O) groups excluding carboxylic acids is 2. The fourth-order valence-corrected chi connectivity index (χ4v) is 4.49. The second-order valence-electron chi connectivity index (χ2n) is 7.78. The largest absolute Gasteiger partial charge is 0.468 e. The molecule has 4 rings (SSSR count). The number of hydrogen-bond acceptors (Lipinski definition) is 5. The van der Waals surface area contributed by atoms with Gasteiger partial charge in [-0.15, -0.1) is 11.3 Å². The van der Waals surface area contributed by atoms with E-state index in [0.29, 0.717) is 25.2 Å². The zero-order valence-corrected chi connectivity index (χ0v) is 18.3. The van der Waals surface area contributed by atoms with E-state index in [4.69, 9.17) is 4.42 Å². The third-order valence-electron chi connectivity index (χ3n) is 5.37. The van der Waals surface area contributed by atoms with Gasteiger partial charge in [-0.25, -0.2) is 0 Å². The normalized spacial score (nSPS) is 13.6. The quantitative estimate of drug-likeness (QED) is 0.552. The lowest BCUT2D eigenvalue weighted by atomic mass is 10.1. The Bertz CT molecular complexity index is 926. The number of hydrogen-bond donors (Lipinski definition) is 1. The number of likely N-dealkylation sites (tertiary alicyclic amines) is 1. The minimum Gasteiger partial charge on any atom is -0.468 e. The van der Waals surface area contributed by atoms with Gasteiger partial charge in [0.2, 0.25) is 5.91 Å². The summed E-state index contributed by atoms with van der Waals surface area (Å²) in [4.78, 5) is 30.2. The molecule has 1 fully saturated rings. The Morgan fingerprint density at radius 2 is 1.84 bits per heavy atom. The summed E-state index contributed by atoms with van der Waals surface area (Å²) in [6, 6.07) is 15.4. The van der Waals surface area contributed by atoms with Gasteiger partial charge in [-0.05, 0) is 54.1 Å². The van der Waals surface area contributed by atoms with E-state index >= 15 is 0 Å². The predicted octanol–water partition coefficient (Wildman–Crippen LogP) is 3.90. The van der Waals surface area contributed by atoms with Crippen molar-refractivity contribution in [3.05, 3.63) is 81.9 Å². The molecule has 31 heavy (non-hydrogen) atoms. The van der Waals surface area contributed by atoms with E-state index in [-0.39, 0.29) is 18.4 Å². The van der Waals surface area contributed by atoms with Gasteiger partial charge in [0.15, 0.2) is 0 Å². The number of benzene rings is 1. The summed E-state index contributed by atoms with van der Waals surface area (Å²) in [5.41, 5.74) is 1.68. The molecule has 0 saturated carbocycles. The Kier molecular flexibility index (Phi) is 7.17. The molecule has 1 aliphatic rings. The van der Waals surface area contributed by atoms with Crippen LogP contribution in [0.3, 0.4) is 0 Å². The average Bonchev–Trinajstić information content (AvgIpc) is 3.56. The van der Waals surface area contributed by atoms with Crippen LogP contribution in [0.15, 0.2) is 64.6 Å². The molecular weight excluding hydrogens is 410 g/mol. The average molecular weight is 438 g/mol. The number of furan rings is 1. The van der Waals surface area contributed by atoms with Gasteiger partial charge in [0.25, 0.3) is 5.91 Å². The summed E-state index contributed by atoms with van der Waals surface area (Å²) >= 11 is 1.68. The number of thiophene rings is 1. The molecule has 0 unspecified atom stereocenters. The topological polar surface area (TPSA) is 65.8 Å². The molecule has 0 atom stereocenters. The van der Waals surface area contributed by atoms with Gasteiger partial charge in [0.1, 0.15) is 5.76 Å². The molecule has 1 aliphatic heterocycles. The van der Waals surface area contributed by atoms with Gasteiger partial charge in [-0.3, -0.25) is 14.5 Å². The van der Waals surface area contributed by atoms with Crippen molar-refractivity contribution in [1.82, 2.24) is 15.1 Å². The number of carbonyl (C=O) groups is 2. The van der Waals surface area contributed by atoms with Crippen LogP contribution in [-0.2, 0) is 24.4 Å². The molecule has 1 saturated heterocycles. The van der Waals surface area contributed by atoms with Crippen molar-refractivity contribution in [1.29, 1.82) is 0 Å². The Balaban J connectivity index is 1.29. The Morgan fingerprint density at radius 3 is 2.52 bits per heavy atom. The van der Waals surface area contributed by atoms with Crippen molar-refractivity contribution >= 4 is 23.2 Å². The minimum atomic E-state index is -0.0414. The molecule has 3 aromatic rings. The smallest absolute Gasteiger partial charge is 0.253 e. The van der Waals surface area contributed by atoms with Crippen LogP contribution in [0.4, 0.5) is 0 Å². The summed E-state index contributed by atoms with van der Waals surface area (Å²) in [5.74, 6) is 0.887. The van der Waals surface area contributed by atoms with E-state index in [2.05, 4.69) is 16.3 Å². The van der Waals surface area contributed by atoms with E-state index in [1.54, 1.807) is 17.6 Å². The first-order chi connectivity index (χ1) is 15.2. The highest BCUT2D eigenvalue weighted by molar-refractivity contribution is 7.09. The highest BCUT2D eigenvalue weighted by Crippen LogP contribution is 2.15. The maximum absolute atomic E-state index is 12.6. The van der Waals surface area contributed by atoms with Crippen LogP contribution >= 0.6 is 11.3 Å². The van der Waals surface area contributed by atoms with Crippen molar-refractivity contribution in [2.45, 2.75) is 32.5 Å². The van der Waals surface area contributed by atoms with Crippen LogP contribution < -0.4 is 5.32 Å². The van der Waals surface area contributed by atoms with Crippen molar-refractivity contribution in [2.75, 3.05) is 19.6 Å².